The number of amides is 2. The summed E-state index contributed by atoms with van der Waals surface area (Å²) in [7, 11) is 1.83. The fourth-order valence-corrected chi connectivity index (χ4v) is 4.52. The zero-order valence-corrected chi connectivity index (χ0v) is 19.3. The third-order valence-corrected chi connectivity index (χ3v) is 6.09. The van der Waals surface area contributed by atoms with Crippen LogP contribution in [0.5, 0.6) is 0 Å². The first-order valence-electron chi connectivity index (χ1n) is 11.2. The minimum absolute atomic E-state index is 0.0908. The minimum atomic E-state index is -0.0908. The predicted octanol–water partition coefficient (Wildman–Crippen LogP) is 3.96. The Hall–Kier alpha value is -2.66. The molecular weight excluding hydrogens is 386 g/mol. The van der Waals surface area contributed by atoms with Gasteiger partial charge in [-0.3, -0.25) is 14.5 Å². The van der Waals surface area contributed by atoms with Gasteiger partial charge < -0.3 is 10.2 Å². The van der Waals surface area contributed by atoms with E-state index < -0.39 is 0 Å². The lowest BCUT2D eigenvalue weighted by atomic mass is 9.90. The molecule has 1 aliphatic heterocycles. The number of likely N-dealkylation sites (tertiary alicyclic amines) is 1. The molecule has 5 heteroatoms. The highest BCUT2D eigenvalue weighted by Gasteiger charge is 2.24. The standard InChI is InChI=1S/C26H35N3O2/c1-19-14-20(2)26(21(3)15-19)27-24(30)17-28(4)18-25(31)29-12-10-23(11-13-29)16-22-8-6-5-7-9-22/h5-9,14-15,23H,10-13,16-18H2,1-4H3,(H,27,30). The number of hydrogen-bond acceptors (Lipinski definition) is 3. The number of piperidine rings is 1. The average molecular weight is 422 g/mol. The van der Waals surface area contributed by atoms with Gasteiger partial charge in [-0.05, 0) is 69.7 Å². The van der Waals surface area contributed by atoms with Crippen molar-refractivity contribution in [2.45, 2.75) is 40.0 Å². The Kier molecular flexibility index (Phi) is 7.85. The molecule has 5 nitrogen and oxygen atoms in total. The van der Waals surface area contributed by atoms with Crippen molar-refractivity contribution in [3.05, 3.63) is 64.7 Å². The lowest BCUT2D eigenvalue weighted by Crippen LogP contribution is -2.45. The van der Waals surface area contributed by atoms with Gasteiger partial charge in [-0.1, -0.05) is 48.0 Å². The Morgan fingerprint density at radius 3 is 2.23 bits per heavy atom. The summed E-state index contributed by atoms with van der Waals surface area (Å²) in [6, 6.07) is 14.7. The maximum atomic E-state index is 12.7. The normalized spacial score (nSPS) is 14.7. The number of aryl methyl sites for hydroxylation is 3. The van der Waals surface area contributed by atoms with Crippen LogP contribution in [0.4, 0.5) is 5.69 Å². The molecule has 0 radical (unpaired) electrons. The monoisotopic (exact) mass is 421 g/mol. The number of carbonyl (C=O) groups is 2. The summed E-state index contributed by atoms with van der Waals surface area (Å²) in [5.41, 5.74) is 5.54. The number of carbonyl (C=O) groups excluding carboxylic acids is 2. The second kappa shape index (κ2) is 10.6. The van der Waals surface area contributed by atoms with Crippen molar-refractivity contribution in [2.75, 3.05) is 38.5 Å². The summed E-state index contributed by atoms with van der Waals surface area (Å²) in [5, 5.41) is 3.01. The quantitative estimate of drug-likeness (QED) is 0.736. The van der Waals surface area contributed by atoms with Crippen LogP contribution >= 0.6 is 0 Å². The summed E-state index contributed by atoms with van der Waals surface area (Å²) < 4.78 is 0. The molecule has 1 heterocycles. The molecule has 3 rings (SSSR count). The van der Waals surface area contributed by atoms with Crippen LogP contribution in [0.15, 0.2) is 42.5 Å². The summed E-state index contributed by atoms with van der Waals surface area (Å²) in [6.45, 7) is 8.13. The molecule has 1 saturated heterocycles. The van der Waals surface area contributed by atoms with Gasteiger partial charge in [0.25, 0.3) is 0 Å². The predicted molar refractivity (Wildman–Crippen MR) is 126 cm³/mol. The van der Waals surface area contributed by atoms with Crippen molar-refractivity contribution in [1.82, 2.24) is 9.80 Å². The van der Waals surface area contributed by atoms with E-state index in [9.17, 15) is 9.59 Å². The third kappa shape index (κ3) is 6.66. The number of anilines is 1. The Balaban J connectivity index is 1.43. The fraction of sp³-hybridized carbons (Fsp3) is 0.462. The van der Waals surface area contributed by atoms with E-state index in [1.807, 2.05) is 31.9 Å². The molecule has 0 bridgehead atoms. The van der Waals surface area contributed by atoms with Crippen LogP contribution < -0.4 is 5.32 Å². The van der Waals surface area contributed by atoms with E-state index >= 15 is 0 Å². The highest BCUT2D eigenvalue weighted by molar-refractivity contribution is 5.94. The maximum Gasteiger partial charge on any atom is 0.238 e. The number of rotatable bonds is 7. The van der Waals surface area contributed by atoms with Gasteiger partial charge in [-0.15, -0.1) is 0 Å². The average Bonchev–Trinajstić information content (AvgIpc) is 2.72. The van der Waals surface area contributed by atoms with Crippen LogP contribution in [0.25, 0.3) is 0 Å². The van der Waals surface area contributed by atoms with Crippen molar-refractivity contribution in [3.8, 4) is 0 Å². The van der Waals surface area contributed by atoms with Crippen molar-refractivity contribution >= 4 is 17.5 Å². The van der Waals surface area contributed by atoms with E-state index in [4.69, 9.17) is 0 Å². The second-order valence-corrected chi connectivity index (χ2v) is 9.01. The highest BCUT2D eigenvalue weighted by Crippen LogP contribution is 2.23. The molecule has 0 atom stereocenters. The van der Waals surface area contributed by atoms with Gasteiger partial charge >= 0.3 is 0 Å². The molecule has 0 unspecified atom stereocenters. The molecule has 1 aliphatic rings. The Morgan fingerprint density at radius 2 is 1.61 bits per heavy atom. The molecule has 1 fully saturated rings. The minimum Gasteiger partial charge on any atom is -0.342 e. The van der Waals surface area contributed by atoms with Crippen LogP contribution in [-0.2, 0) is 16.0 Å². The Bertz CT molecular complexity index is 879. The summed E-state index contributed by atoms with van der Waals surface area (Å²) in [4.78, 5) is 29.0. The molecule has 2 amide bonds. The number of benzene rings is 2. The van der Waals surface area contributed by atoms with Crippen molar-refractivity contribution in [3.63, 3.8) is 0 Å². The molecule has 2 aromatic rings. The molecule has 166 valence electrons. The number of hydrogen-bond donors (Lipinski definition) is 1. The molecule has 31 heavy (non-hydrogen) atoms. The van der Waals surface area contributed by atoms with Crippen molar-refractivity contribution < 1.29 is 9.59 Å². The van der Waals surface area contributed by atoms with E-state index in [-0.39, 0.29) is 24.9 Å². The van der Waals surface area contributed by atoms with Gasteiger partial charge in [0, 0.05) is 18.8 Å². The van der Waals surface area contributed by atoms with Gasteiger partial charge in [0.1, 0.15) is 0 Å². The van der Waals surface area contributed by atoms with Crippen LogP contribution in [-0.4, -0.2) is 54.8 Å². The molecule has 0 aliphatic carbocycles. The zero-order valence-electron chi connectivity index (χ0n) is 19.3. The molecule has 0 spiro atoms. The van der Waals surface area contributed by atoms with Crippen molar-refractivity contribution in [1.29, 1.82) is 0 Å². The topological polar surface area (TPSA) is 52.7 Å². The SMILES string of the molecule is Cc1cc(C)c(NC(=O)CN(C)CC(=O)N2CCC(Cc3ccccc3)CC2)c(C)c1. The molecule has 2 aromatic carbocycles. The molecular formula is C26H35N3O2. The maximum absolute atomic E-state index is 12.7. The second-order valence-electron chi connectivity index (χ2n) is 9.01. The first-order chi connectivity index (χ1) is 14.8. The lowest BCUT2D eigenvalue weighted by molar-refractivity contribution is -0.133. The van der Waals surface area contributed by atoms with E-state index in [0.717, 1.165) is 49.2 Å². The van der Waals surface area contributed by atoms with Crippen LogP contribution in [0.3, 0.4) is 0 Å². The van der Waals surface area contributed by atoms with E-state index in [0.29, 0.717) is 5.92 Å². The van der Waals surface area contributed by atoms with Crippen LogP contribution in [0.2, 0.25) is 0 Å². The van der Waals surface area contributed by atoms with Gasteiger partial charge in [0.15, 0.2) is 0 Å². The van der Waals surface area contributed by atoms with Crippen LogP contribution in [0, 0.1) is 26.7 Å². The Labute approximate surface area is 186 Å². The number of nitrogens with zero attached hydrogens (tertiary/aromatic N) is 2. The summed E-state index contributed by atoms with van der Waals surface area (Å²) in [5.74, 6) is 0.652. The number of likely N-dealkylation sites (N-methyl/N-ethyl adjacent to an activating group) is 1. The molecule has 1 N–H and O–H groups in total. The summed E-state index contributed by atoms with van der Waals surface area (Å²) >= 11 is 0. The van der Waals surface area contributed by atoms with Gasteiger partial charge in [-0.25, -0.2) is 0 Å². The van der Waals surface area contributed by atoms with Gasteiger partial charge in [0.05, 0.1) is 13.1 Å². The van der Waals surface area contributed by atoms with Gasteiger partial charge in [-0.2, -0.15) is 0 Å². The Morgan fingerprint density at radius 1 is 1.00 bits per heavy atom. The largest absolute Gasteiger partial charge is 0.342 e. The fourth-order valence-electron chi connectivity index (χ4n) is 4.52. The number of nitrogens with one attached hydrogen (secondary N) is 1. The summed E-state index contributed by atoms with van der Waals surface area (Å²) in [6.07, 6.45) is 3.16. The van der Waals surface area contributed by atoms with E-state index in [2.05, 4.69) is 48.6 Å². The first-order valence-corrected chi connectivity index (χ1v) is 11.2. The molecule has 0 saturated carbocycles. The van der Waals surface area contributed by atoms with E-state index in [1.54, 1.807) is 4.90 Å². The third-order valence-electron chi connectivity index (χ3n) is 6.09. The lowest BCUT2D eigenvalue weighted by Gasteiger charge is -2.33. The first kappa shape index (κ1) is 23.0. The smallest absolute Gasteiger partial charge is 0.238 e. The van der Waals surface area contributed by atoms with E-state index in [1.165, 1.54) is 11.1 Å². The molecule has 0 aromatic heterocycles. The van der Waals surface area contributed by atoms with Crippen molar-refractivity contribution in [2.24, 2.45) is 5.92 Å². The van der Waals surface area contributed by atoms with Gasteiger partial charge in [0.2, 0.25) is 11.8 Å². The highest BCUT2D eigenvalue weighted by atomic mass is 16.2. The zero-order chi connectivity index (χ0) is 22.4. The van der Waals surface area contributed by atoms with Crippen LogP contribution in [0.1, 0.15) is 35.1 Å².